The second kappa shape index (κ2) is 6.62. The zero-order valence-corrected chi connectivity index (χ0v) is 8.43. The van der Waals surface area contributed by atoms with Crippen LogP contribution in [0.4, 0.5) is 0 Å². The number of rotatable bonds is 2. The van der Waals surface area contributed by atoms with Crippen molar-refractivity contribution in [1.82, 2.24) is 9.97 Å². The van der Waals surface area contributed by atoms with Crippen LogP contribution in [0, 0.1) is 0 Å². The number of nitrogens with zero attached hydrogens (tertiary/aromatic N) is 1. The van der Waals surface area contributed by atoms with Crippen molar-refractivity contribution in [1.29, 1.82) is 0 Å². The van der Waals surface area contributed by atoms with Crippen molar-refractivity contribution < 1.29 is 5.11 Å². The van der Waals surface area contributed by atoms with Gasteiger partial charge in [-0.05, 0) is 18.7 Å². The lowest BCUT2D eigenvalue weighted by Gasteiger charge is -1.85. The summed E-state index contributed by atoms with van der Waals surface area (Å²) in [6, 6.07) is 8.71. The Morgan fingerprint density at radius 1 is 1.27 bits per heavy atom. The van der Waals surface area contributed by atoms with E-state index in [1.165, 1.54) is 0 Å². The minimum absolute atomic E-state index is 0.322. The second-order valence-corrected chi connectivity index (χ2v) is 2.93. The third-order valence-corrected chi connectivity index (χ3v) is 1.71. The maximum atomic E-state index is 8.63. The maximum absolute atomic E-state index is 8.63. The molecule has 0 aliphatic carbocycles. The van der Waals surface area contributed by atoms with Gasteiger partial charge in [-0.3, -0.25) is 0 Å². The molecule has 0 aliphatic heterocycles. The molecule has 1 aromatic carbocycles. The summed E-state index contributed by atoms with van der Waals surface area (Å²) < 4.78 is 0. The molecule has 0 radical (unpaired) electrons. The average molecular weight is 205 g/mol. The fourth-order valence-electron chi connectivity index (χ4n) is 1.00. The number of nitrogens with two attached hydrogens (primary N) is 1. The Bertz CT molecular complexity index is 345. The lowest BCUT2D eigenvalue weighted by atomic mass is 10.3. The van der Waals surface area contributed by atoms with E-state index in [1.807, 2.05) is 12.3 Å². The van der Waals surface area contributed by atoms with Gasteiger partial charge in [-0.25, -0.2) is 4.98 Å². The van der Waals surface area contributed by atoms with Crippen molar-refractivity contribution in [2.75, 3.05) is 6.54 Å². The number of aromatic nitrogens is 2. The summed E-state index contributed by atoms with van der Waals surface area (Å²) >= 11 is 0. The normalized spacial score (nSPS) is 9.13. The van der Waals surface area contributed by atoms with Crippen LogP contribution in [0.2, 0.25) is 0 Å². The number of phenolic OH excluding ortho intramolecular Hbond substituents is 1. The zero-order chi connectivity index (χ0) is 10.9. The molecule has 0 spiro atoms. The molecule has 2 aromatic rings. The van der Waals surface area contributed by atoms with Crippen molar-refractivity contribution in [3.8, 4) is 5.75 Å². The number of para-hydroxylation sites is 1. The Balaban J connectivity index is 0.000000151. The summed E-state index contributed by atoms with van der Waals surface area (Å²) in [5, 5.41) is 8.63. The molecule has 15 heavy (non-hydrogen) atoms. The molecular weight excluding hydrogens is 190 g/mol. The summed E-state index contributed by atoms with van der Waals surface area (Å²) in [5.41, 5.74) is 6.30. The summed E-state index contributed by atoms with van der Waals surface area (Å²) in [4.78, 5) is 6.82. The highest BCUT2D eigenvalue weighted by Crippen LogP contribution is 2.02. The quantitative estimate of drug-likeness (QED) is 0.691. The predicted molar refractivity (Wildman–Crippen MR) is 59.5 cm³/mol. The monoisotopic (exact) mass is 205 g/mol. The van der Waals surface area contributed by atoms with Gasteiger partial charge in [-0.1, -0.05) is 18.2 Å². The number of nitrogens with one attached hydrogen (secondary N) is 1. The van der Waals surface area contributed by atoms with E-state index in [4.69, 9.17) is 10.8 Å². The summed E-state index contributed by atoms with van der Waals surface area (Å²) in [7, 11) is 0. The number of H-pyrrole nitrogens is 1. The zero-order valence-electron chi connectivity index (χ0n) is 8.43. The van der Waals surface area contributed by atoms with Crippen LogP contribution in [0.3, 0.4) is 0 Å². The molecule has 0 saturated carbocycles. The van der Waals surface area contributed by atoms with E-state index in [9.17, 15) is 0 Å². The largest absolute Gasteiger partial charge is 0.508 e. The SMILES string of the molecule is NCCc1c[nH]cn1.Oc1ccccc1. The summed E-state index contributed by atoms with van der Waals surface area (Å²) in [6.07, 6.45) is 4.38. The van der Waals surface area contributed by atoms with Crippen LogP contribution in [0.15, 0.2) is 42.9 Å². The standard InChI is InChI=1S/C6H6O.C5H9N3/c7-6-4-2-1-3-5-6;6-2-1-5-3-7-4-8-5/h1-5,7H;3-4H,1-2,6H2,(H,7,8). The van der Waals surface area contributed by atoms with Gasteiger partial charge in [0.05, 0.1) is 12.0 Å². The maximum Gasteiger partial charge on any atom is 0.115 e. The van der Waals surface area contributed by atoms with E-state index in [0.29, 0.717) is 12.3 Å². The first-order valence-electron chi connectivity index (χ1n) is 4.74. The fraction of sp³-hybridized carbons (Fsp3) is 0.182. The van der Waals surface area contributed by atoms with Crippen LogP contribution in [0.25, 0.3) is 0 Å². The Morgan fingerprint density at radius 3 is 2.40 bits per heavy atom. The third-order valence-electron chi connectivity index (χ3n) is 1.71. The molecule has 2 rings (SSSR count). The third kappa shape index (κ3) is 4.83. The van der Waals surface area contributed by atoms with Crippen molar-refractivity contribution in [3.63, 3.8) is 0 Å². The Labute approximate surface area is 88.8 Å². The summed E-state index contributed by atoms with van der Waals surface area (Å²) in [6.45, 7) is 0.671. The van der Waals surface area contributed by atoms with E-state index in [1.54, 1.807) is 30.6 Å². The van der Waals surface area contributed by atoms with E-state index < -0.39 is 0 Å². The van der Waals surface area contributed by atoms with Crippen LogP contribution in [0.1, 0.15) is 5.69 Å². The molecule has 0 atom stereocenters. The number of phenols is 1. The molecular formula is C11H15N3O. The molecule has 0 unspecified atom stereocenters. The highest BCUT2D eigenvalue weighted by Gasteiger charge is 1.87. The summed E-state index contributed by atoms with van der Waals surface area (Å²) in [5.74, 6) is 0.322. The smallest absolute Gasteiger partial charge is 0.115 e. The molecule has 0 saturated heterocycles. The molecule has 4 heteroatoms. The van der Waals surface area contributed by atoms with Gasteiger partial charge in [0.15, 0.2) is 0 Å². The first-order chi connectivity index (χ1) is 7.33. The number of hydrogen-bond donors (Lipinski definition) is 3. The lowest BCUT2D eigenvalue weighted by Crippen LogP contribution is -2.02. The Hall–Kier alpha value is -1.81. The Kier molecular flexibility index (Phi) is 4.97. The molecule has 1 heterocycles. The van der Waals surface area contributed by atoms with Gasteiger partial charge in [0.25, 0.3) is 0 Å². The number of imidazole rings is 1. The highest BCUT2D eigenvalue weighted by molar-refractivity contribution is 5.18. The van der Waals surface area contributed by atoms with Crippen molar-refractivity contribution in [2.24, 2.45) is 5.73 Å². The molecule has 4 nitrogen and oxygen atoms in total. The van der Waals surface area contributed by atoms with Crippen LogP contribution >= 0.6 is 0 Å². The van der Waals surface area contributed by atoms with E-state index in [0.717, 1.165) is 12.1 Å². The van der Waals surface area contributed by atoms with E-state index in [-0.39, 0.29) is 0 Å². The van der Waals surface area contributed by atoms with Gasteiger partial charge in [0.1, 0.15) is 5.75 Å². The first kappa shape index (κ1) is 11.3. The highest BCUT2D eigenvalue weighted by atomic mass is 16.3. The van der Waals surface area contributed by atoms with Crippen LogP contribution in [0.5, 0.6) is 5.75 Å². The van der Waals surface area contributed by atoms with E-state index >= 15 is 0 Å². The second-order valence-electron chi connectivity index (χ2n) is 2.93. The van der Waals surface area contributed by atoms with Crippen LogP contribution in [-0.2, 0) is 6.42 Å². The van der Waals surface area contributed by atoms with Crippen LogP contribution in [-0.4, -0.2) is 21.6 Å². The molecule has 0 fully saturated rings. The molecule has 0 bridgehead atoms. The van der Waals surface area contributed by atoms with Gasteiger partial charge in [-0.2, -0.15) is 0 Å². The molecule has 0 aliphatic rings. The van der Waals surface area contributed by atoms with Crippen molar-refractivity contribution >= 4 is 0 Å². The minimum Gasteiger partial charge on any atom is -0.508 e. The predicted octanol–water partition coefficient (Wildman–Crippen LogP) is 1.30. The Morgan fingerprint density at radius 2 is 2.00 bits per heavy atom. The number of hydrogen-bond acceptors (Lipinski definition) is 3. The molecule has 0 amide bonds. The van der Waals surface area contributed by atoms with Gasteiger partial charge in [-0.15, -0.1) is 0 Å². The van der Waals surface area contributed by atoms with Gasteiger partial charge >= 0.3 is 0 Å². The topological polar surface area (TPSA) is 74.9 Å². The van der Waals surface area contributed by atoms with Gasteiger partial charge < -0.3 is 15.8 Å². The van der Waals surface area contributed by atoms with Gasteiger partial charge in [0, 0.05) is 12.6 Å². The number of aromatic amines is 1. The molecule has 4 N–H and O–H groups in total. The molecule has 1 aromatic heterocycles. The number of benzene rings is 1. The lowest BCUT2D eigenvalue weighted by molar-refractivity contribution is 0.475. The molecule has 80 valence electrons. The van der Waals surface area contributed by atoms with Gasteiger partial charge in [0.2, 0.25) is 0 Å². The first-order valence-corrected chi connectivity index (χ1v) is 4.74. The average Bonchev–Trinajstić information content (AvgIpc) is 2.73. The van der Waals surface area contributed by atoms with Crippen molar-refractivity contribution in [2.45, 2.75) is 6.42 Å². The van der Waals surface area contributed by atoms with Crippen LogP contribution < -0.4 is 5.73 Å². The van der Waals surface area contributed by atoms with E-state index in [2.05, 4.69) is 9.97 Å². The number of aromatic hydroxyl groups is 1. The van der Waals surface area contributed by atoms with Crippen molar-refractivity contribution in [3.05, 3.63) is 48.5 Å². The minimum atomic E-state index is 0.322. The fourth-order valence-corrected chi connectivity index (χ4v) is 1.00.